The molecule has 1 aromatic rings. The highest BCUT2D eigenvalue weighted by atomic mass is 16.6. The normalized spacial score (nSPS) is 12.1. The summed E-state index contributed by atoms with van der Waals surface area (Å²) in [5, 5.41) is 8.51. The number of anilines is 1. The van der Waals surface area contributed by atoms with Crippen LogP contribution in [0.25, 0.3) is 0 Å². The van der Waals surface area contributed by atoms with E-state index >= 15 is 0 Å². The SMILES string of the molecule is CCN=C(NC(=O)OC(C)(C)C)Nc1ccc(OC)cc1CCNC(=O)OC(C)(C)C. The average Bonchev–Trinajstić information content (AvgIpc) is 2.59. The van der Waals surface area contributed by atoms with Crippen LogP contribution in [0.4, 0.5) is 15.3 Å². The monoisotopic (exact) mass is 436 g/mol. The Labute approximate surface area is 184 Å². The molecule has 0 aliphatic rings. The summed E-state index contributed by atoms with van der Waals surface area (Å²) in [4.78, 5) is 28.3. The number of amides is 2. The number of aliphatic imine (C=N–C) groups is 1. The summed E-state index contributed by atoms with van der Waals surface area (Å²) in [7, 11) is 1.58. The van der Waals surface area contributed by atoms with Crippen LogP contribution in [0.3, 0.4) is 0 Å². The minimum absolute atomic E-state index is 0.267. The molecule has 2 amide bonds. The van der Waals surface area contributed by atoms with Crippen LogP contribution in [-0.4, -0.2) is 49.5 Å². The number of carbonyl (C=O) groups is 2. The Hall–Kier alpha value is -2.97. The van der Waals surface area contributed by atoms with E-state index in [2.05, 4.69) is 20.9 Å². The topological polar surface area (TPSA) is 110 Å². The van der Waals surface area contributed by atoms with E-state index in [-0.39, 0.29) is 5.96 Å². The molecule has 1 rings (SSSR count). The van der Waals surface area contributed by atoms with Crippen molar-refractivity contribution in [2.75, 3.05) is 25.5 Å². The highest BCUT2D eigenvalue weighted by molar-refractivity contribution is 6.02. The minimum Gasteiger partial charge on any atom is -0.497 e. The van der Waals surface area contributed by atoms with Crippen molar-refractivity contribution in [1.29, 1.82) is 0 Å². The van der Waals surface area contributed by atoms with Gasteiger partial charge in [-0.3, -0.25) is 10.3 Å². The lowest BCUT2D eigenvalue weighted by Gasteiger charge is -2.21. The van der Waals surface area contributed by atoms with Gasteiger partial charge in [0.15, 0.2) is 0 Å². The van der Waals surface area contributed by atoms with E-state index in [1.807, 2.05) is 39.8 Å². The lowest BCUT2D eigenvalue weighted by molar-refractivity contribution is 0.0524. The number of nitrogens with one attached hydrogen (secondary N) is 3. The van der Waals surface area contributed by atoms with Crippen molar-refractivity contribution >= 4 is 23.8 Å². The van der Waals surface area contributed by atoms with Crippen LogP contribution >= 0.6 is 0 Å². The first-order valence-electron chi connectivity index (χ1n) is 10.3. The van der Waals surface area contributed by atoms with Gasteiger partial charge in [0, 0.05) is 18.8 Å². The Morgan fingerprint density at radius 1 is 1.00 bits per heavy atom. The number of methoxy groups -OCH3 is 1. The van der Waals surface area contributed by atoms with Crippen LogP contribution < -0.4 is 20.7 Å². The third kappa shape index (κ3) is 11.1. The number of alkyl carbamates (subject to hydrolysis) is 2. The van der Waals surface area contributed by atoms with Gasteiger partial charge in [-0.25, -0.2) is 9.59 Å². The van der Waals surface area contributed by atoms with E-state index in [9.17, 15) is 9.59 Å². The molecule has 31 heavy (non-hydrogen) atoms. The molecule has 0 aliphatic heterocycles. The summed E-state index contributed by atoms with van der Waals surface area (Å²) in [5.74, 6) is 0.940. The zero-order chi connectivity index (χ0) is 23.7. The number of carbonyl (C=O) groups excluding carboxylic acids is 2. The summed E-state index contributed by atoms with van der Waals surface area (Å²) in [6.07, 6.45) is -0.580. The fourth-order valence-corrected chi connectivity index (χ4v) is 2.44. The molecule has 0 saturated heterocycles. The van der Waals surface area contributed by atoms with Crippen molar-refractivity contribution in [1.82, 2.24) is 10.6 Å². The summed E-state index contributed by atoms with van der Waals surface area (Å²) in [5.41, 5.74) is 0.395. The fourth-order valence-electron chi connectivity index (χ4n) is 2.44. The predicted molar refractivity (Wildman–Crippen MR) is 122 cm³/mol. The zero-order valence-electron chi connectivity index (χ0n) is 19.8. The summed E-state index contributed by atoms with van der Waals surface area (Å²) in [6.45, 7) is 13.5. The largest absolute Gasteiger partial charge is 0.497 e. The summed E-state index contributed by atoms with van der Waals surface area (Å²) < 4.78 is 15.9. The molecule has 0 atom stereocenters. The second-order valence-electron chi connectivity index (χ2n) is 8.78. The Morgan fingerprint density at radius 2 is 1.61 bits per heavy atom. The summed E-state index contributed by atoms with van der Waals surface area (Å²) in [6, 6.07) is 5.48. The molecule has 0 spiro atoms. The molecule has 0 radical (unpaired) electrons. The molecule has 0 unspecified atom stereocenters. The Morgan fingerprint density at radius 3 is 2.16 bits per heavy atom. The highest BCUT2D eigenvalue weighted by Crippen LogP contribution is 2.22. The average molecular weight is 437 g/mol. The van der Waals surface area contributed by atoms with Crippen molar-refractivity contribution < 1.29 is 23.8 Å². The first-order chi connectivity index (χ1) is 14.3. The molecule has 174 valence electrons. The molecule has 9 nitrogen and oxygen atoms in total. The zero-order valence-corrected chi connectivity index (χ0v) is 19.8. The Kier molecular flexibility index (Phi) is 9.61. The van der Waals surface area contributed by atoms with Gasteiger partial charge in [0.05, 0.1) is 7.11 Å². The van der Waals surface area contributed by atoms with Gasteiger partial charge >= 0.3 is 12.2 Å². The maximum atomic E-state index is 12.1. The van der Waals surface area contributed by atoms with Crippen LogP contribution in [0.5, 0.6) is 5.75 Å². The summed E-state index contributed by atoms with van der Waals surface area (Å²) >= 11 is 0. The number of benzene rings is 1. The first kappa shape index (κ1) is 26.1. The van der Waals surface area contributed by atoms with E-state index < -0.39 is 23.4 Å². The van der Waals surface area contributed by atoms with Crippen molar-refractivity contribution in [3.63, 3.8) is 0 Å². The molecule has 0 aromatic heterocycles. The van der Waals surface area contributed by atoms with Crippen LogP contribution in [0, 0.1) is 0 Å². The number of nitrogens with zero attached hydrogens (tertiary/aromatic N) is 1. The molecule has 0 aliphatic carbocycles. The highest BCUT2D eigenvalue weighted by Gasteiger charge is 2.19. The van der Waals surface area contributed by atoms with Gasteiger partial charge in [-0.05, 0) is 78.6 Å². The molecule has 0 bridgehead atoms. The van der Waals surface area contributed by atoms with Crippen LogP contribution in [0.15, 0.2) is 23.2 Å². The second-order valence-corrected chi connectivity index (χ2v) is 8.78. The number of rotatable bonds is 6. The smallest absolute Gasteiger partial charge is 0.414 e. The van der Waals surface area contributed by atoms with Crippen molar-refractivity contribution in [2.24, 2.45) is 4.99 Å². The maximum Gasteiger partial charge on any atom is 0.414 e. The van der Waals surface area contributed by atoms with E-state index in [1.54, 1.807) is 33.9 Å². The van der Waals surface area contributed by atoms with Crippen LogP contribution in [0.1, 0.15) is 54.0 Å². The quantitative estimate of drug-likeness (QED) is 0.458. The van der Waals surface area contributed by atoms with Crippen molar-refractivity contribution in [2.45, 2.75) is 66.1 Å². The molecule has 3 N–H and O–H groups in total. The van der Waals surface area contributed by atoms with Crippen molar-refractivity contribution in [3.05, 3.63) is 23.8 Å². The third-order valence-corrected chi connectivity index (χ3v) is 3.56. The standard InChI is InChI=1S/C22H36N4O5/c1-9-23-18(26-20(28)31-22(5,6)7)25-17-11-10-16(29-8)14-15(17)12-13-24-19(27)30-21(2,3)4/h10-11,14H,9,12-13H2,1-8H3,(H,24,27)(H2,23,25,26,28). The minimum atomic E-state index is -0.625. The van der Waals surface area contributed by atoms with Crippen molar-refractivity contribution in [3.8, 4) is 5.75 Å². The Balaban J connectivity index is 2.90. The van der Waals surface area contributed by atoms with Gasteiger partial charge < -0.3 is 24.8 Å². The number of hydrogen-bond donors (Lipinski definition) is 3. The molecule has 9 heteroatoms. The number of ether oxygens (including phenoxy) is 3. The molecule has 1 aromatic carbocycles. The predicted octanol–water partition coefficient (Wildman–Crippen LogP) is 4.07. The Bertz CT molecular complexity index is 779. The second kappa shape index (κ2) is 11.4. The fraction of sp³-hybridized carbons (Fsp3) is 0.591. The van der Waals surface area contributed by atoms with Crippen LogP contribution in [-0.2, 0) is 15.9 Å². The third-order valence-electron chi connectivity index (χ3n) is 3.56. The lowest BCUT2D eigenvalue weighted by Crippen LogP contribution is -2.40. The van der Waals surface area contributed by atoms with Gasteiger partial charge in [0.1, 0.15) is 17.0 Å². The molecule has 0 saturated carbocycles. The first-order valence-corrected chi connectivity index (χ1v) is 10.3. The van der Waals surface area contributed by atoms with Gasteiger partial charge in [0.2, 0.25) is 5.96 Å². The lowest BCUT2D eigenvalue weighted by atomic mass is 10.1. The van der Waals surface area contributed by atoms with Gasteiger partial charge in [-0.2, -0.15) is 0 Å². The number of hydrogen-bond acceptors (Lipinski definition) is 6. The number of guanidine groups is 1. The van der Waals surface area contributed by atoms with E-state index in [0.717, 1.165) is 11.3 Å². The van der Waals surface area contributed by atoms with Gasteiger partial charge in [-0.1, -0.05) is 0 Å². The molecular formula is C22H36N4O5. The molecule has 0 fully saturated rings. The maximum absolute atomic E-state index is 12.1. The molecule has 0 heterocycles. The van der Waals surface area contributed by atoms with Crippen LogP contribution in [0.2, 0.25) is 0 Å². The van der Waals surface area contributed by atoms with Gasteiger partial charge in [0.25, 0.3) is 0 Å². The molecular weight excluding hydrogens is 400 g/mol. The van der Waals surface area contributed by atoms with E-state index in [4.69, 9.17) is 14.2 Å². The van der Waals surface area contributed by atoms with E-state index in [1.165, 1.54) is 0 Å². The van der Waals surface area contributed by atoms with Gasteiger partial charge in [-0.15, -0.1) is 0 Å². The van der Waals surface area contributed by atoms with E-state index in [0.29, 0.717) is 25.3 Å².